The summed E-state index contributed by atoms with van der Waals surface area (Å²) in [6.07, 6.45) is 0.636. The first-order valence-corrected chi connectivity index (χ1v) is 6.29. The molecule has 0 aliphatic carbocycles. The van der Waals surface area contributed by atoms with E-state index in [0.717, 1.165) is 5.56 Å². The lowest BCUT2D eigenvalue weighted by atomic mass is 10.1. The summed E-state index contributed by atoms with van der Waals surface area (Å²) >= 11 is 0. The molecule has 0 saturated heterocycles. The van der Waals surface area contributed by atoms with Crippen molar-refractivity contribution in [1.29, 1.82) is 0 Å². The Labute approximate surface area is 115 Å². The maximum atomic E-state index is 11.9. The van der Waals surface area contributed by atoms with E-state index in [1.54, 1.807) is 13.0 Å². The van der Waals surface area contributed by atoms with Crippen LogP contribution in [0.3, 0.4) is 0 Å². The fraction of sp³-hybridized carbons (Fsp3) is 0.286. The van der Waals surface area contributed by atoms with Gasteiger partial charge >= 0.3 is 0 Å². The summed E-state index contributed by atoms with van der Waals surface area (Å²) in [7, 11) is 0. The first-order chi connectivity index (χ1) is 9.43. The molecule has 1 heterocycles. The molecule has 20 heavy (non-hydrogen) atoms. The van der Waals surface area contributed by atoms with Gasteiger partial charge in [-0.1, -0.05) is 13.0 Å². The van der Waals surface area contributed by atoms with Gasteiger partial charge in [-0.3, -0.25) is 14.9 Å². The Hall–Kier alpha value is -2.50. The van der Waals surface area contributed by atoms with E-state index in [1.165, 1.54) is 12.1 Å². The van der Waals surface area contributed by atoms with Gasteiger partial charge in [0.2, 0.25) is 0 Å². The Morgan fingerprint density at radius 2 is 2.05 bits per heavy atom. The summed E-state index contributed by atoms with van der Waals surface area (Å²) < 4.78 is 0. The van der Waals surface area contributed by atoms with Crippen molar-refractivity contribution in [2.75, 3.05) is 0 Å². The number of nitro benzene ring substituents is 1. The Morgan fingerprint density at radius 1 is 1.35 bits per heavy atom. The summed E-state index contributed by atoms with van der Waals surface area (Å²) in [6, 6.07) is 4.52. The molecule has 0 saturated carbocycles. The van der Waals surface area contributed by atoms with E-state index in [0.29, 0.717) is 29.1 Å². The molecule has 0 amide bonds. The zero-order valence-corrected chi connectivity index (χ0v) is 11.6. The monoisotopic (exact) mass is 273 g/mol. The van der Waals surface area contributed by atoms with Gasteiger partial charge in [-0.05, 0) is 25.8 Å². The van der Waals surface area contributed by atoms with E-state index in [2.05, 4.69) is 9.97 Å². The summed E-state index contributed by atoms with van der Waals surface area (Å²) in [5.74, 6) is 0.374. The van der Waals surface area contributed by atoms with Gasteiger partial charge in [0.15, 0.2) is 0 Å². The summed E-state index contributed by atoms with van der Waals surface area (Å²) in [5.41, 5.74) is 2.45. The number of hydrogen-bond acceptors (Lipinski definition) is 4. The van der Waals surface area contributed by atoms with Crippen LogP contribution in [-0.2, 0) is 6.42 Å². The SMILES string of the molecule is CCc1nc(-c2cc([N+](=O)[O-])ccc2C)[nH]c(=O)c1C. The molecular weight excluding hydrogens is 258 g/mol. The molecule has 0 radical (unpaired) electrons. The molecule has 0 aliphatic heterocycles. The van der Waals surface area contributed by atoms with Crippen LogP contribution in [0.5, 0.6) is 0 Å². The maximum Gasteiger partial charge on any atom is 0.270 e. The lowest BCUT2D eigenvalue weighted by molar-refractivity contribution is -0.384. The standard InChI is InChI=1S/C14H15N3O3/c1-4-12-9(3)14(18)16-13(15-12)11-7-10(17(19)20)6-5-8(11)2/h5-7H,4H2,1-3H3,(H,15,16,18). The molecular formula is C14H15N3O3. The van der Waals surface area contributed by atoms with Gasteiger partial charge in [0.1, 0.15) is 5.82 Å². The van der Waals surface area contributed by atoms with Crippen molar-refractivity contribution in [2.45, 2.75) is 27.2 Å². The van der Waals surface area contributed by atoms with Crippen LogP contribution in [-0.4, -0.2) is 14.9 Å². The van der Waals surface area contributed by atoms with E-state index in [4.69, 9.17) is 0 Å². The van der Waals surface area contributed by atoms with Crippen molar-refractivity contribution in [3.05, 3.63) is 55.5 Å². The summed E-state index contributed by atoms with van der Waals surface area (Å²) in [6.45, 7) is 5.46. The zero-order valence-electron chi connectivity index (χ0n) is 11.6. The van der Waals surface area contributed by atoms with E-state index < -0.39 is 4.92 Å². The van der Waals surface area contributed by atoms with Crippen molar-refractivity contribution in [3.8, 4) is 11.4 Å². The Bertz CT molecular complexity index is 735. The predicted octanol–water partition coefficient (Wildman–Crippen LogP) is 2.52. The van der Waals surface area contributed by atoms with Crippen LogP contribution in [0.2, 0.25) is 0 Å². The number of aromatic amines is 1. The lowest BCUT2D eigenvalue weighted by Crippen LogP contribution is -2.16. The van der Waals surface area contributed by atoms with Crippen LogP contribution in [0.4, 0.5) is 5.69 Å². The second kappa shape index (κ2) is 5.24. The lowest BCUT2D eigenvalue weighted by Gasteiger charge is -2.08. The number of benzene rings is 1. The molecule has 0 unspecified atom stereocenters. The minimum absolute atomic E-state index is 0.0214. The topological polar surface area (TPSA) is 88.9 Å². The van der Waals surface area contributed by atoms with Crippen molar-refractivity contribution in [3.63, 3.8) is 0 Å². The van der Waals surface area contributed by atoms with Crippen LogP contribution < -0.4 is 5.56 Å². The summed E-state index contributed by atoms with van der Waals surface area (Å²) in [4.78, 5) is 29.4. The first-order valence-electron chi connectivity index (χ1n) is 6.29. The number of nitrogens with zero attached hydrogens (tertiary/aromatic N) is 2. The quantitative estimate of drug-likeness (QED) is 0.687. The third kappa shape index (κ3) is 2.45. The number of nitrogens with one attached hydrogen (secondary N) is 1. The van der Waals surface area contributed by atoms with Gasteiger partial charge in [0.25, 0.3) is 11.2 Å². The molecule has 0 spiro atoms. The van der Waals surface area contributed by atoms with Crippen LogP contribution in [0.25, 0.3) is 11.4 Å². The fourth-order valence-corrected chi connectivity index (χ4v) is 2.03. The van der Waals surface area contributed by atoms with Gasteiger partial charge in [-0.2, -0.15) is 0 Å². The molecule has 1 aromatic carbocycles. The first kappa shape index (κ1) is 13.9. The highest BCUT2D eigenvalue weighted by molar-refractivity contribution is 5.63. The number of nitro groups is 1. The molecule has 0 fully saturated rings. The Balaban J connectivity index is 2.68. The minimum Gasteiger partial charge on any atom is -0.306 e. The van der Waals surface area contributed by atoms with E-state index in [-0.39, 0.29) is 11.2 Å². The number of non-ortho nitro benzene ring substituents is 1. The molecule has 0 bridgehead atoms. The van der Waals surface area contributed by atoms with E-state index in [9.17, 15) is 14.9 Å². The molecule has 6 heteroatoms. The van der Waals surface area contributed by atoms with Gasteiger partial charge < -0.3 is 4.98 Å². The highest BCUT2D eigenvalue weighted by Gasteiger charge is 2.14. The number of H-pyrrole nitrogens is 1. The molecule has 0 atom stereocenters. The normalized spacial score (nSPS) is 10.6. The third-order valence-corrected chi connectivity index (χ3v) is 3.27. The second-order valence-electron chi connectivity index (χ2n) is 4.60. The average molecular weight is 273 g/mol. The van der Waals surface area contributed by atoms with E-state index in [1.807, 2.05) is 13.8 Å². The van der Waals surface area contributed by atoms with Crippen molar-refractivity contribution in [1.82, 2.24) is 9.97 Å². The predicted molar refractivity (Wildman–Crippen MR) is 75.8 cm³/mol. The van der Waals surface area contributed by atoms with Crippen molar-refractivity contribution < 1.29 is 4.92 Å². The zero-order chi connectivity index (χ0) is 14.9. The minimum atomic E-state index is -0.462. The molecule has 1 aromatic heterocycles. The van der Waals surface area contributed by atoms with Gasteiger partial charge in [0, 0.05) is 23.3 Å². The molecule has 104 valence electrons. The Morgan fingerprint density at radius 3 is 2.65 bits per heavy atom. The number of aryl methyl sites for hydroxylation is 2. The highest BCUT2D eigenvalue weighted by atomic mass is 16.6. The van der Waals surface area contributed by atoms with Gasteiger partial charge in [-0.15, -0.1) is 0 Å². The Kier molecular flexibility index (Phi) is 3.65. The van der Waals surface area contributed by atoms with E-state index >= 15 is 0 Å². The van der Waals surface area contributed by atoms with Crippen LogP contribution in [0.1, 0.15) is 23.7 Å². The van der Waals surface area contributed by atoms with Crippen LogP contribution in [0, 0.1) is 24.0 Å². The average Bonchev–Trinajstić information content (AvgIpc) is 2.42. The summed E-state index contributed by atoms with van der Waals surface area (Å²) in [5, 5.41) is 10.9. The molecule has 6 nitrogen and oxygen atoms in total. The van der Waals surface area contributed by atoms with Crippen molar-refractivity contribution in [2.24, 2.45) is 0 Å². The largest absolute Gasteiger partial charge is 0.306 e. The number of rotatable bonds is 3. The second-order valence-corrected chi connectivity index (χ2v) is 4.60. The van der Waals surface area contributed by atoms with Crippen molar-refractivity contribution >= 4 is 5.69 Å². The molecule has 2 aromatic rings. The highest BCUT2D eigenvalue weighted by Crippen LogP contribution is 2.24. The van der Waals surface area contributed by atoms with Gasteiger partial charge in [-0.25, -0.2) is 4.98 Å². The third-order valence-electron chi connectivity index (χ3n) is 3.27. The number of hydrogen-bond donors (Lipinski definition) is 1. The molecule has 0 aliphatic rings. The van der Waals surface area contributed by atoms with Crippen LogP contribution >= 0.6 is 0 Å². The fourth-order valence-electron chi connectivity index (χ4n) is 2.03. The molecule has 1 N–H and O–H groups in total. The molecule has 2 rings (SSSR count). The number of aromatic nitrogens is 2. The maximum absolute atomic E-state index is 11.9. The smallest absolute Gasteiger partial charge is 0.270 e. The van der Waals surface area contributed by atoms with Gasteiger partial charge in [0.05, 0.1) is 10.6 Å². The van der Waals surface area contributed by atoms with Crippen LogP contribution in [0.15, 0.2) is 23.0 Å².